The van der Waals surface area contributed by atoms with Gasteiger partial charge in [0, 0.05) is 11.4 Å². The summed E-state index contributed by atoms with van der Waals surface area (Å²) in [4.78, 5) is 3.64. The number of hydrogen-bond acceptors (Lipinski definition) is 4. The molecular formula is C9H17N3S. The van der Waals surface area contributed by atoms with Crippen LogP contribution in [0.4, 0.5) is 0 Å². The Hall–Kier alpha value is -0.420. The van der Waals surface area contributed by atoms with Crippen molar-refractivity contribution in [1.82, 2.24) is 10.3 Å². The average Bonchev–Trinajstić information content (AvgIpc) is 2.48. The highest BCUT2D eigenvalue weighted by Crippen LogP contribution is 2.15. The van der Waals surface area contributed by atoms with Crippen LogP contribution in [0, 0.1) is 6.92 Å². The molecule has 1 aromatic rings. The first-order valence-electron chi connectivity index (χ1n) is 4.39. The summed E-state index contributed by atoms with van der Waals surface area (Å²) < 4.78 is 0. The lowest BCUT2D eigenvalue weighted by Crippen LogP contribution is -2.36. The molecule has 3 nitrogen and oxygen atoms in total. The molecule has 0 aliphatic heterocycles. The van der Waals surface area contributed by atoms with Crippen LogP contribution < -0.4 is 11.3 Å². The molecule has 0 saturated heterocycles. The molecule has 1 heterocycles. The third-order valence-corrected chi connectivity index (χ3v) is 3.13. The summed E-state index contributed by atoms with van der Waals surface area (Å²) in [6.45, 7) is 3.95. The van der Waals surface area contributed by atoms with E-state index >= 15 is 0 Å². The van der Waals surface area contributed by atoms with E-state index in [0.717, 1.165) is 19.6 Å². The minimum absolute atomic E-state index is 0.740. The molecule has 0 spiro atoms. The molecule has 1 rings (SSSR count). The second-order valence-corrected chi connectivity index (χ2v) is 4.22. The average molecular weight is 199 g/mol. The molecule has 0 bridgehead atoms. The van der Waals surface area contributed by atoms with Gasteiger partial charge >= 0.3 is 0 Å². The fourth-order valence-corrected chi connectivity index (χ4v) is 2.09. The van der Waals surface area contributed by atoms with Gasteiger partial charge in [-0.15, -0.1) is 11.3 Å². The van der Waals surface area contributed by atoms with E-state index in [9.17, 15) is 0 Å². The molecule has 0 radical (unpaired) electrons. The zero-order chi connectivity index (χ0) is 9.68. The molecule has 0 saturated carbocycles. The third kappa shape index (κ3) is 3.44. The van der Waals surface area contributed by atoms with E-state index in [2.05, 4.69) is 35.7 Å². The number of thiophene rings is 1. The fourth-order valence-electron chi connectivity index (χ4n) is 1.19. The highest BCUT2D eigenvalue weighted by molar-refractivity contribution is 7.10. The minimum atomic E-state index is 0.740. The van der Waals surface area contributed by atoms with E-state index in [1.54, 1.807) is 0 Å². The molecular weight excluding hydrogens is 182 g/mol. The molecule has 13 heavy (non-hydrogen) atoms. The Morgan fingerprint density at radius 2 is 2.38 bits per heavy atom. The van der Waals surface area contributed by atoms with E-state index in [1.165, 1.54) is 10.4 Å². The van der Waals surface area contributed by atoms with Gasteiger partial charge in [-0.3, -0.25) is 10.7 Å². The number of rotatable bonds is 5. The van der Waals surface area contributed by atoms with Gasteiger partial charge in [0.25, 0.3) is 0 Å². The van der Waals surface area contributed by atoms with Crippen molar-refractivity contribution in [2.75, 3.05) is 20.3 Å². The third-order valence-electron chi connectivity index (χ3n) is 2.05. The maximum atomic E-state index is 5.22. The Morgan fingerprint density at radius 1 is 1.62 bits per heavy atom. The van der Waals surface area contributed by atoms with Crippen LogP contribution in [0.15, 0.2) is 11.4 Å². The van der Waals surface area contributed by atoms with Crippen LogP contribution in [0.25, 0.3) is 0 Å². The molecule has 4 heteroatoms. The second kappa shape index (κ2) is 5.34. The summed E-state index contributed by atoms with van der Waals surface area (Å²) in [6, 6.07) is 2.17. The van der Waals surface area contributed by atoms with E-state index in [0.29, 0.717) is 0 Å². The molecule has 74 valence electrons. The smallest absolute Gasteiger partial charge is 0.0610 e. The van der Waals surface area contributed by atoms with Gasteiger partial charge in [0.1, 0.15) is 0 Å². The largest absolute Gasteiger partial charge is 0.292 e. The zero-order valence-corrected chi connectivity index (χ0v) is 9.03. The SMILES string of the molecule is Cc1ccsc1CCN(C)CNN. The molecule has 0 unspecified atom stereocenters. The summed E-state index contributed by atoms with van der Waals surface area (Å²) in [5.74, 6) is 5.22. The number of aryl methyl sites for hydroxylation is 1. The lowest BCUT2D eigenvalue weighted by atomic mass is 10.2. The van der Waals surface area contributed by atoms with E-state index in [1.807, 2.05) is 11.3 Å². The van der Waals surface area contributed by atoms with Crippen molar-refractivity contribution in [1.29, 1.82) is 0 Å². The van der Waals surface area contributed by atoms with Crippen molar-refractivity contribution in [3.8, 4) is 0 Å². The Balaban J connectivity index is 2.30. The zero-order valence-electron chi connectivity index (χ0n) is 8.21. The van der Waals surface area contributed by atoms with Crippen molar-refractivity contribution in [2.45, 2.75) is 13.3 Å². The predicted molar refractivity (Wildman–Crippen MR) is 57.6 cm³/mol. The monoisotopic (exact) mass is 199 g/mol. The first-order valence-corrected chi connectivity index (χ1v) is 5.27. The van der Waals surface area contributed by atoms with Crippen molar-refractivity contribution >= 4 is 11.3 Å². The van der Waals surface area contributed by atoms with Gasteiger partial charge in [0.15, 0.2) is 0 Å². The number of likely N-dealkylation sites (N-methyl/N-ethyl adjacent to an activating group) is 1. The summed E-state index contributed by atoms with van der Waals surface area (Å²) in [5.41, 5.74) is 4.04. The maximum Gasteiger partial charge on any atom is 0.0610 e. The van der Waals surface area contributed by atoms with Crippen molar-refractivity contribution in [3.05, 3.63) is 21.9 Å². The van der Waals surface area contributed by atoms with Gasteiger partial charge in [0.2, 0.25) is 0 Å². The van der Waals surface area contributed by atoms with Gasteiger partial charge < -0.3 is 0 Å². The molecule has 0 aromatic carbocycles. The summed E-state index contributed by atoms with van der Waals surface area (Å²) in [6.07, 6.45) is 1.11. The molecule has 0 fully saturated rings. The topological polar surface area (TPSA) is 41.3 Å². The van der Waals surface area contributed by atoms with Crippen LogP contribution in [-0.2, 0) is 6.42 Å². The number of hydrogen-bond donors (Lipinski definition) is 2. The van der Waals surface area contributed by atoms with Crippen molar-refractivity contribution < 1.29 is 0 Å². The fraction of sp³-hybridized carbons (Fsp3) is 0.556. The summed E-state index contributed by atoms with van der Waals surface area (Å²) in [5, 5.41) is 2.14. The van der Waals surface area contributed by atoms with Gasteiger partial charge in [-0.2, -0.15) is 0 Å². The van der Waals surface area contributed by atoms with Crippen LogP contribution in [-0.4, -0.2) is 25.2 Å². The molecule has 0 aliphatic rings. The van der Waals surface area contributed by atoms with E-state index in [4.69, 9.17) is 5.84 Å². The van der Waals surface area contributed by atoms with E-state index < -0.39 is 0 Å². The normalized spacial score (nSPS) is 11.1. The Bertz CT molecular complexity index is 247. The number of nitrogens with zero attached hydrogens (tertiary/aromatic N) is 1. The van der Waals surface area contributed by atoms with Crippen LogP contribution in [0.2, 0.25) is 0 Å². The quantitative estimate of drug-likeness (QED) is 0.421. The molecule has 0 amide bonds. The molecule has 1 aromatic heterocycles. The minimum Gasteiger partial charge on any atom is -0.292 e. The lowest BCUT2D eigenvalue weighted by Gasteiger charge is -2.14. The number of nitrogens with one attached hydrogen (secondary N) is 1. The van der Waals surface area contributed by atoms with Crippen LogP contribution in [0.3, 0.4) is 0 Å². The highest BCUT2D eigenvalue weighted by Gasteiger charge is 2.01. The molecule has 0 aliphatic carbocycles. The van der Waals surface area contributed by atoms with Gasteiger partial charge in [-0.05, 0) is 37.4 Å². The van der Waals surface area contributed by atoms with Gasteiger partial charge in [0.05, 0.1) is 6.67 Å². The first-order chi connectivity index (χ1) is 6.24. The van der Waals surface area contributed by atoms with Gasteiger partial charge in [-0.25, -0.2) is 5.43 Å². The molecule has 3 N–H and O–H groups in total. The van der Waals surface area contributed by atoms with Crippen molar-refractivity contribution in [2.24, 2.45) is 5.84 Å². The summed E-state index contributed by atoms with van der Waals surface area (Å²) >= 11 is 1.83. The van der Waals surface area contributed by atoms with E-state index in [-0.39, 0.29) is 0 Å². The Morgan fingerprint density at radius 3 is 2.92 bits per heavy atom. The Kier molecular flexibility index (Phi) is 4.38. The van der Waals surface area contributed by atoms with Gasteiger partial charge in [-0.1, -0.05) is 0 Å². The first kappa shape index (κ1) is 10.7. The highest BCUT2D eigenvalue weighted by atomic mass is 32.1. The number of hydrazine groups is 1. The van der Waals surface area contributed by atoms with Crippen LogP contribution >= 0.6 is 11.3 Å². The van der Waals surface area contributed by atoms with Crippen molar-refractivity contribution in [3.63, 3.8) is 0 Å². The van der Waals surface area contributed by atoms with Crippen LogP contribution in [0.1, 0.15) is 10.4 Å². The standard InChI is InChI=1S/C9H17N3S/c1-8-4-6-13-9(8)3-5-12(2)7-11-10/h4,6,11H,3,5,7,10H2,1-2H3. The van der Waals surface area contributed by atoms with Crippen LogP contribution in [0.5, 0.6) is 0 Å². The maximum absolute atomic E-state index is 5.22. The number of nitrogens with two attached hydrogens (primary N) is 1. The summed E-state index contributed by atoms with van der Waals surface area (Å²) in [7, 11) is 2.06. The second-order valence-electron chi connectivity index (χ2n) is 3.22. The predicted octanol–water partition coefficient (Wildman–Crippen LogP) is 0.952. The Labute approximate surface area is 83.5 Å². The molecule has 0 atom stereocenters. The lowest BCUT2D eigenvalue weighted by molar-refractivity contribution is 0.313.